The second-order valence-electron chi connectivity index (χ2n) is 6.61. The average Bonchev–Trinajstić information content (AvgIpc) is 2.80. The fraction of sp³-hybridized carbons (Fsp3) is 0.526. The molecule has 136 valence electrons. The van der Waals surface area contributed by atoms with Crippen LogP contribution in [-0.2, 0) is 20.8 Å². The zero-order valence-electron chi connectivity index (χ0n) is 14.9. The highest BCUT2D eigenvalue weighted by molar-refractivity contribution is 5.80. The molecule has 1 heterocycles. The number of benzene rings is 1. The Balaban J connectivity index is 1.98. The molecule has 1 saturated heterocycles. The highest BCUT2D eigenvalue weighted by Crippen LogP contribution is 2.18. The Labute approximate surface area is 148 Å². The summed E-state index contributed by atoms with van der Waals surface area (Å²) in [4.78, 5) is 38.6. The van der Waals surface area contributed by atoms with Crippen LogP contribution in [0.5, 0.6) is 0 Å². The number of amides is 2. The molecular formula is C19H26N2O4. The number of aliphatic carboxylic acids is 1. The average molecular weight is 346 g/mol. The third-order valence-electron chi connectivity index (χ3n) is 4.80. The van der Waals surface area contributed by atoms with E-state index in [2.05, 4.69) is 0 Å². The van der Waals surface area contributed by atoms with E-state index in [1.165, 1.54) is 11.8 Å². The Morgan fingerprint density at radius 2 is 1.92 bits per heavy atom. The highest BCUT2D eigenvalue weighted by atomic mass is 16.4. The SMILES string of the molecule is CC(=O)N(CC(=O)O)C1CCCN(C(=O)Cc2ccccc2C)CC1. The van der Waals surface area contributed by atoms with E-state index in [0.29, 0.717) is 25.9 Å². The van der Waals surface area contributed by atoms with Crippen molar-refractivity contribution >= 4 is 17.8 Å². The Bertz CT molecular complexity index is 644. The fourth-order valence-electron chi connectivity index (χ4n) is 3.37. The number of carbonyl (C=O) groups excluding carboxylic acids is 2. The third-order valence-corrected chi connectivity index (χ3v) is 4.80. The molecule has 0 spiro atoms. The minimum absolute atomic E-state index is 0.0857. The van der Waals surface area contributed by atoms with Crippen molar-refractivity contribution < 1.29 is 19.5 Å². The van der Waals surface area contributed by atoms with E-state index in [4.69, 9.17) is 5.11 Å². The highest BCUT2D eigenvalue weighted by Gasteiger charge is 2.27. The number of likely N-dealkylation sites (tertiary alicyclic amines) is 1. The standard InChI is InChI=1S/C19H26N2O4/c1-14-6-3-4-7-16(14)12-18(23)20-10-5-8-17(9-11-20)21(15(2)22)13-19(24)25/h3-4,6-7,17H,5,8-13H2,1-2H3,(H,24,25). The summed E-state index contributed by atoms with van der Waals surface area (Å²) in [5, 5.41) is 9.01. The van der Waals surface area contributed by atoms with Crippen LogP contribution in [0.25, 0.3) is 0 Å². The number of rotatable bonds is 5. The minimum atomic E-state index is -1.01. The second kappa shape index (κ2) is 8.65. The molecule has 0 radical (unpaired) electrons. The van der Waals surface area contributed by atoms with Crippen molar-refractivity contribution in [3.63, 3.8) is 0 Å². The van der Waals surface area contributed by atoms with E-state index in [1.54, 1.807) is 0 Å². The lowest BCUT2D eigenvalue weighted by Crippen LogP contribution is -2.43. The number of carbonyl (C=O) groups is 3. The van der Waals surface area contributed by atoms with Gasteiger partial charge in [-0.3, -0.25) is 14.4 Å². The molecule has 6 heteroatoms. The maximum Gasteiger partial charge on any atom is 0.323 e. The smallest absolute Gasteiger partial charge is 0.323 e. The first-order chi connectivity index (χ1) is 11.9. The van der Waals surface area contributed by atoms with Gasteiger partial charge in [0, 0.05) is 26.1 Å². The molecule has 1 aliphatic heterocycles. The summed E-state index contributed by atoms with van der Waals surface area (Å²) in [5.41, 5.74) is 2.14. The lowest BCUT2D eigenvalue weighted by atomic mass is 10.1. The number of carboxylic acid groups (broad SMARTS) is 1. The monoisotopic (exact) mass is 346 g/mol. The van der Waals surface area contributed by atoms with Crippen molar-refractivity contribution in [2.45, 2.75) is 45.6 Å². The van der Waals surface area contributed by atoms with Gasteiger partial charge in [-0.15, -0.1) is 0 Å². The van der Waals surface area contributed by atoms with Crippen LogP contribution in [0.1, 0.15) is 37.3 Å². The van der Waals surface area contributed by atoms with Crippen LogP contribution in [-0.4, -0.2) is 58.4 Å². The van der Waals surface area contributed by atoms with E-state index in [0.717, 1.165) is 24.0 Å². The van der Waals surface area contributed by atoms with Gasteiger partial charge >= 0.3 is 5.97 Å². The number of hydrogen-bond donors (Lipinski definition) is 1. The third kappa shape index (κ3) is 5.31. The summed E-state index contributed by atoms with van der Waals surface area (Å²) in [6.45, 7) is 4.32. The quantitative estimate of drug-likeness (QED) is 0.883. The predicted molar refractivity (Wildman–Crippen MR) is 94.1 cm³/mol. The van der Waals surface area contributed by atoms with Gasteiger partial charge < -0.3 is 14.9 Å². The maximum absolute atomic E-state index is 12.6. The molecule has 1 N–H and O–H groups in total. The van der Waals surface area contributed by atoms with Gasteiger partial charge in [0.05, 0.1) is 6.42 Å². The van der Waals surface area contributed by atoms with E-state index < -0.39 is 5.97 Å². The first-order valence-corrected chi connectivity index (χ1v) is 8.69. The van der Waals surface area contributed by atoms with Crippen LogP contribution < -0.4 is 0 Å². The van der Waals surface area contributed by atoms with E-state index >= 15 is 0 Å². The first kappa shape index (κ1) is 19.0. The van der Waals surface area contributed by atoms with Gasteiger partial charge in [0.1, 0.15) is 6.54 Å². The molecule has 6 nitrogen and oxygen atoms in total. The molecule has 1 unspecified atom stereocenters. The maximum atomic E-state index is 12.6. The normalized spacial score (nSPS) is 17.7. The van der Waals surface area contributed by atoms with Crippen molar-refractivity contribution in [2.24, 2.45) is 0 Å². The lowest BCUT2D eigenvalue weighted by molar-refractivity contribution is -0.145. The molecule has 1 aliphatic rings. The van der Waals surface area contributed by atoms with Gasteiger partial charge in [0.25, 0.3) is 0 Å². The van der Waals surface area contributed by atoms with E-state index in [1.807, 2.05) is 36.1 Å². The van der Waals surface area contributed by atoms with Crippen LogP contribution in [0, 0.1) is 6.92 Å². The van der Waals surface area contributed by atoms with Gasteiger partial charge in [0.2, 0.25) is 11.8 Å². The van der Waals surface area contributed by atoms with Crippen LogP contribution in [0.3, 0.4) is 0 Å². The van der Waals surface area contributed by atoms with E-state index in [-0.39, 0.29) is 24.4 Å². The van der Waals surface area contributed by atoms with Crippen LogP contribution >= 0.6 is 0 Å². The number of hydrogen-bond acceptors (Lipinski definition) is 3. The Hall–Kier alpha value is -2.37. The molecule has 1 atom stereocenters. The first-order valence-electron chi connectivity index (χ1n) is 8.69. The van der Waals surface area contributed by atoms with Gasteiger partial charge in [-0.25, -0.2) is 0 Å². The van der Waals surface area contributed by atoms with Gasteiger partial charge in [-0.1, -0.05) is 24.3 Å². The van der Waals surface area contributed by atoms with Gasteiger partial charge in [-0.2, -0.15) is 0 Å². The fourth-order valence-corrected chi connectivity index (χ4v) is 3.37. The molecular weight excluding hydrogens is 320 g/mol. The summed E-state index contributed by atoms with van der Waals surface area (Å²) < 4.78 is 0. The van der Waals surface area contributed by atoms with Crippen LogP contribution in [0.2, 0.25) is 0 Å². The molecule has 1 aromatic rings. The van der Waals surface area contributed by atoms with Crippen LogP contribution in [0.4, 0.5) is 0 Å². The summed E-state index contributed by atoms with van der Waals surface area (Å²) >= 11 is 0. The number of carboxylic acids is 1. The lowest BCUT2D eigenvalue weighted by Gasteiger charge is -2.29. The topological polar surface area (TPSA) is 77.9 Å². The van der Waals surface area contributed by atoms with Crippen molar-refractivity contribution in [3.8, 4) is 0 Å². The predicted octanol–water partition coefficient (Wildman–Crippen LogP) is 1.85. The Morgan fingerprint density at radius 1 is 1.20 bits per heavy atom. The van der Waals surface area contributed by atoms with Crippen molar-refractivity contribution in [1.82, 2.24) is 9.80 Å². The molecule has 2 amide bonds. The van der Waals surface area contributed by atoms with Crippen LogP contribution in [0.15, 0.2) is 24.3 Å². The molecule has 1 fully saturated rings. The molecule has 25 heavy (non-hydrogen) atoms. The molecule has 0 bridgehead atoms. The summed E-state index contributed by atoms with van der Waals surface area (Å²) in [6.07, 6.45) is 2.49. The summed E-state index contributed by atoms with van der Waals surface area (Å²) in [7, 11) is 0. The van der Waals surface area contributed by atoms with Crippen molar-refractivity contribution in [1.29, 1.82) is 0 Å². The van der Waals surface area contributed by atoms with Gasteiger partial charge in [-0.05, 0) is 37.3 Å². The largest absolute Gasteiger partial charge is 0.480 e. The molecule has 0 aromatic heterocycles. The van der Waals surface area contributed by atoms with Crippen molar-refractivity contribution in [3.05, 3.63) is 35.4 Å². The molecule has 2 rings (SSSR count). The number of nitrogens with zero attached hydrogens (tertiary/aromatic N) is 2. The summed E-state index contributed by atoms with van der Waals surface area (Å²) in [6, 6.07) is 7.74. The minimum Gasteiger partial charge on any atom is -0.480 e. The van der Waals surface area contributed by atoms with Gasteiger partial charge in [0.15, 0.2) is 0 Å². The summed E-state index contributed by atoms with van der Waals surface area (Å²) in [5.74, 6) is -1.15. The molecule has 1 aromatic carbocycles. The second-order valence-corrected chi connectivity index (χ2v) is 6.61. The molecule has 0 saturated carbocycles. The number of aryl methyl sites for hydroxylation is 1. The zero-order chi connectivity index (χ0) is 18.4. The Morgan fingerprint density at radius 3 is 2.56 bits per heavy atom. The van der Waals surface area contributed by atoms with E-state index in [9.17, 15) is 14.4 Å². The molecule has 0 aliphatic carbocycles. The Kier molecular flexibility index (Phi) is 6.56. The zero-order valence-corrected chi connectivity index (χ0v) is 14.9. The van der Waals surface area contributed by atoms with Crippen molar-refractivity contribution in [2.75, 3.05) is 19.6 Å².